The highest BCUT2D eigenvalue weighted by Crippen LogP contribution is 2.35. The molecular formula is C14H14N2O2. The Morgan fingerprint density at radius 1 is 1.11 bits per heavy atom. The van der Waals surface area contributed by atoms with Crippen molar-refractivity contribution < 1.29 is 9.47 Å². The number of fused-ring (bicyclic) bond motifs is 1. The highest BCUT2D eigenvalue weighted by atomic mass is 16.6. The number of rotatable bonds is 2. The van der Waals surface area contributed by atoms with Crippen LogP contribution in [0.5, 0.6) is 11.5 Å². The summed E-state index contributed by atoms with van der Waals surface area (Å²) >= 11 is 0. The Morgan fingerprint density at radius 2 is 1.94 bits per heavy atom. The van der Waals surface area contributed by atoms with Gasteiger partial charge in [0.25, 0.3) is 0 Å². The molecule has 1 aliphatic heterocycles. The van der Waals surface area contributed by atoms with Crippen LogP contribution in [0, 0.1) is 0 Å². The molecule has 0 saturated carbocycles. The number of hydrogen-bond acceptors (Lipinski definition) is 4. The Kier molecular flexibility index (Phi) is 2.86. The summed E-state index contributed by atoms with van der Waals surface area (Å²) in [6, 6.07) is 9.83. The van der Waals surface area contributed by atoms with E-state index in [1.165, 1.54) is 0 Å². The molecule has 3 rings (SSSR count). The molecule has 2 aromatic rings. The van der Waals surface area contributed by atoms with Gasteiger partial charge in [0.15, 0.2) is 11.5 Å². The van der Waals surface area contributed by atoms with Crippen LogP contribution in [0.3, 0.4) is 0 Å². The Hall–Kier alpha value is -2.07. The molecule has 2 N–H and O–H groups in total. The second kappa shape index (κ2) is 4.66. The summed E-state index contributed by atoms with van der Waals surface area (Å²) in [5, 5.41) is 0. The van der Waals surface area contributed by atoms with Gasteiger partial charge in [0.1, 0.15) is 13.2 Å². The third kappa shape index (κ3) is 1.91. The number of ether oxygens (including phenoxy) is 2. The van der Waals surface area contributed by atoms with Gasteiger partial charge >= 0.3 is 0 Å². The molecule has 0 unspecified atom stereocenters. The van der Waals surface area contributed by atoms with Gasteiger partial charge in [0.05, 0.1) is 5.69 Å². The van der Waals surface area contributed by atoms with E-state index < -0.39 is 0 Å². The van der Waals surface area contributed by atoms with Crippen LogP contribution in [-0.4, -0.2) is 18.2 Å². The molecule has 2 heterocycles. The Bertz CT molecular complexity index is 569. The summed E-state index contributed by atoms with van der Waals surface area (Å²) in [5.74, 6) is 1.58. The number of benzene rings is 1. The van der Waals surface area contributed by atoms with Crippen molar-refractivity contribution in [2.24, 2.45) is 5.73 Å². The molecule has 92 valence electrons. The monoisotopic (exact) mass is 242 g/mol. The zero-order valence-electron chi connectivity index (χ0n) is 9.93. The van der Waals surface area contributed by atoms with Crippen molar-refractivity contribution in [2.45, 2.75) is 6.54 Å². The van der Waals surface area contributed by atoms with Crippen LogP contribution in [0.1, 0.15) is 5.69 Å². The van der Waals surface area contributed by atoms with Crippen molar-refractivity contribution in [3.63, 3.8) is 0 Å². The lowest BCUT2D eigenvalue weighted by molar-refractivity contribution is 0.171. The minimum absolute atomic E-state index is 0.421. The number of pyridine rings is 1. The second-order valence-corrected chi connectivity index (χ2v) is 4.06. The van der Waals surface area contributed by atoms with E-state index in [9.17, 15) is 0 Å². The minimum Gasteiger partial charge on any atom is -0.486 e. The standard InChI is InChI=1S/C14H14N2O2/c15-9-12-11(2-1-5-16-12)10-3-4-13-14(8-10)18-7-6-17-13/h1-5,8H,6-7,9,15H2. The molecule has 0 aliphatic carbocycles. The molecule has 1 aliphatic rings. The Morgan fingerprint density at radius 3 is 2.78 bits per heavy atom. The molecule has 1 aromatic carbocycles. The third-order valence-electron chi connectivity index (χ3n) is 2.94. The van der Waals surface area contributed by atoms with Gasteiger partial charge in [-0.3, -0.25) is 4.98 Å². The molecule has 0 bridgehead atoms. The summed E-state index contributed by atoms with van der Waals surface area (Å²) in [6.45, 7) is 1.62. The van der Waals surface area contributed by atoms with Crippen LogP contribution in [0.2, 0.25) is 0 Å². The van der Waals surface area contributed by atoms with E-state index in [2.05, 4.69) is 4.98 Å². The fourth-order valence-corrected chi connectivity index (χ4v) is 2.07. The largest absolute Gasteiger partial charge is 0.486 e. The van der Waals surface area contributed by atoms with Crippen LogP contribution in [-0.2, 0) is 6.54 Å². The lowest BCUT2D eigenvalue weighted by Gasteiger charge is -2.19. The van der Waals surface area contributed by atoms with Crippen molar-refractivity contribution in [1.82, 2.24) is 4.98 Å². The van der Waals surface area contributed by atoms with Gasteiger partial charge in [-0.05, 0) is 23.8 Å². The molecule has 0 fully saturated rings. The fraction of sp³-hybridized carbons (Fsp3) is 0.214. The maximum absolute atomic E-state index is 5.71. The number of hydrogen-bond donors (Lipinski definition) is 1. The molecule has 0 amide bonds. The van der Waals surface area contributed by atoms with Crippen molar-refractivity contribution >= 4 is 0 Å². The first-order chi connectivity index (χ1) is 8.88. The quantitative estimate of drug-likeness (QED) is 0.874. The van der Waals surface area contributed by atoms with Crippen LogP contribution in [0.4, 0.5) is 0 Å². The normalized spacial score (nSPS) is 13.4. The lowest BCUT2D eigenvalue weighted by atomic mass is 10.0. The molecule has 4 nitrogen and oxygen atoms in total. The molecular weight excluding hydrogens is 228 g/mol. The summed E-state index contributed by atoms with van der Waals surface area (Å²) in [6.07, 6.45) is 1.75. The molecule has 1 aromatic heterocycles. The zero-order chi connectivity index (χ0) is 12.4. The van der Waals surface area contributed by atoms with E-state index in [0.717, 1.165) is 28.3 Å². The smallest absolute Gasteiger partial charge is 0.161 e. The predicted molar refractivity (Wildman–Crippen MR) is 68.6 cm³/mol. The first-order valence-electron chi connectivity index (χ1n) is 5.92. The summed E-state index contributed by atoms with van der Waals surface area (Å²) in [5.41, 5.74) is 8.68. The molecule has 0 radical (unpaired) electrons. The average Bonchev–Trinajstić information content (AvgIpc) is 2.46. The van der Waals surface area contributed by atoms with Gasteiger partial charge in [0, 0.05) is 18.3 Å². The second-order valence-electron chi connectivity index (χ2n) is 4.06. The van der Waals surface area contributed by atoms with Crippen molar-refractivity contribution in [1.29, 1.82) is 0 Å². The van der Waals surface area contributed by atoms with E-state index >= 15 is 0 Å². The van der Waals surface area contributed by atoms with Crippen LogP contribution in [0.15, 0.2) is 36.5 Å². The van der Waals surface area contributed by atoms with Crippen molar-refractivity contribution in [3.05, 3.63) is 42.2 Å². The lowest BCUT2D eigenvalue weighted by Crippen LogP contribution is -2.15. The van der Waals surface area contributed by atoms with E-state index in [4.69, 9.17) is 15.2 Å². The first-order valence-corrected chi connectivity index (χ1v) is 5.92. The van der Waals surface area contributed by atoms with Crippen LogP contribution < -0.4 is 15.2 Å². The van der Waals surface area contributed by atoms with E-state index in [-0.39, 0.29) is 0 Å². The number of nitrogens with zero attached hydrogens (tertiary/aromatic N) is 1. The van der Waals surface area contributed by atoms with Crippen molar-refractivity contribution in [3.8, 4) is 22.6 Å². The van der Waals surface area contributed by atoms with E-state index in [0.29, 0.717) is 19.8 Å². The first kappa shape index (κ1) is 11.0. The molecule has 0 saturated heterocycles. The number of aromatic nitrogens is 1. The van der Waals surface area contributed by atoms with Gasteiger partial charge in [-0.1, -0.05) is 12.1 Å². The van der Waals surface area contributed by atoms with Gasteiger partial charge in [-0.2, -0.15) is 0 Å². The Balaban J connectivity index is 2.06. The molecule has 4 heteroatoms. The van der Waals surface area contributed by atoms with Gasteiger partial charge < -0.3 is 15.2 Å². The third-order valence-corrected chi connectivity index (χ3v) is 2.94. The molecule has 0 atom stereocenters. The summed E-state index contributed by atoms with van der Waals surface area (Å²) in [4.78, 5) is 4.29. The van der Waals surface area contributed by atoms with E-state index in [1.807, 2.05) is 30.3 Å². The van der Waals surface area contributed by atoms with Crippen LogP contribution >= 0.6 is 0 Å². The van der Waals surface area contributed by atoms with E-state index in [1.54, 1.807) is 6.20 Å². The highest BCUT2D eigenvalue weighted by molar-refractivity contribution is 5.69. The highest BCUT2D eigenvalue weighted by Gasteiger charge is 2.13. The van der Waals surface area contributed by atoms with Gasteiger partial charge in [0.2, 0.25) is 0 Å². The van der Waals surface area contributed by atoms with Gasteiger partial charge in [-0.25, -0.2) is 0 Å². The SMILES string of the molecule is NCc1ncccc1-c1ccc2c(c1)OCCO2. The molecule has 18 heavy (non-hydrogen) atoms. The van der Waals surface area contributed by atoms with Crippen LogP contribution in [0.25, 0.3) is 11.1 Å². The maximum Gasteiger partial charge on any atom is 0.161 e. The minimum atomic E-state index is 0.421. The summed E-state index contributed by atoms with van der Waals surface area (Å²) in [7, 11) is 0. The van der Waals surface area contributed by atoms with Crippen molar-refractivity contribution in [2.75, 3.05) is 13.2 Å². The predicted octanol–water partition coefficient (Wildman–Crippen LogP) is 1.98. The maximum atomic E-state index is 5.71. The zero-order valence-corrected chi connectivity index (χ0v) is 9.93. The average molecular weight is 242 g/mol. The number of nitrogens with two attached hydrogens (primary N) is 1. The topological polar surface area (TPSA) is 57.4 Å². The molecule has 0 spiro atoms. The fourth-order valence-electron chi connectivity index (χ4n) is 2.07. The summed E-state index contributed by atoms with van der Waals surface area (Å²) < 4.78 is 11.1. The van der Waals surface area contributed by atoms with Gasteiger partial charge in [-0.15, -0.1) is 0 Å². The Labute approximate surface area is 105 Å².